The molecule has 0 radical (unpaired) electrons. The van der Waals surface area contributed by atoms with Gasteiger partial charge in [0.25, 0.3) is 0 Å². The molecule has 1 aliphatic rings. The number of hydrogen-bond acceptors (Lipinski definition) is 1. The van der Waals surface area contributed by atoms with Crippen LogP contribution < -0.4 is 5.32 Å². The Hall–Kier alpha value is -0.0400. The second-order valence-electron chi connectivity index (χ2n) is 3.85. The van der Waals surface area contributed by atoms with Crippen LogP contribution in [0.1, 0.15) is 40.0 Å². The molecule has 1 aliphatic carbocycles. The third-order valence-corrected chi connectivity index (χ3v) is 3.00. The van der Waals surface area contributed by atoms with Gasteiger partial charge in [0.1, 0.15) is 0 Å². The standard InChI is InChI=1S/C10H21N/c1-4-6-11-10-7-8(3)9(10)5-2/h8-11H,4-7H2,1-3H3. The first kappa shape index (κ1) is 9.05. The third kappa shape index (κ3) is 1.96. The molecular formula is C10H21N. The zero-order chi connectivity index (χ0) is 8.27. The van der Waals surface area contributed by atoms with Crippen molar-refractivity contribution in [2.75, 3.05) is 6.54 Å². The first-order valence-corrected chi connectivity index (χ1v) is 5.03. The predicted octanol–water partition coefficient (Wildman–Crippen LogP) is 2.42. The van der Waals surface area contributed by atoms with Gasteiger partial charge in [-0.05, 0) is 31.2 Å². The van der Waals surface area contributed by atoms with Crippen LogP contribution in [-0.2, 0) is 0 Å². The molecule has 0 amide bonds. The molecule has 1 fully saturated rings. The SMILES string of the molecule is CCCNC1CC(C)C1CC. The summed E-state index contributed by atoms with van der Waals surface area (Å²) in [5.74, 6) is 1.93. The van der Waals surface area contributed by atoms with E-state index in [4.69, 9.17) is 0 Å². The van der Waals surface area contributed by atoms with Crippen LogP contribution in [0.2, 0.25) is 0 Å². The summed E-state index contributed by atoms with van der Waals surface area (Å²) in [6, 6.07) is 0.843. The minimum atomic E-state index is 0.843. The minimum absolute atomic E-state index is 0.843. The molecule has 0 aromatic rings. The predicted molar refractivity (Wildman–Crippen MR) is 49.6 cm³/mol. The highest BCUT2D eigenvalue weighted by Crippen LogP contribution is 2.36. The second-order valence-corrected chi connectivity index (χ2v) is 3.85. The Balaban J connectivity index is 2.16. The van der Waals surface area contributed by atoms with Crippen LogP contribution in [0.15, 0.2) is 0 Å². The van der Waals surface area contributed by atoms with Crippen LogP contribution >= 0.6 is 0 Å². The maximum Gasteiger partial charge on any atom is 0.0100 e. The molecule has 1 heteroatoms. The Bertz CT molecular complexity index is 111. The molecule has 0 spiro atoms. The quantitative estimate of drug-likeness (QED) is 0.657. The molecule has 0 aromatic heterocycles. The highest BCUT2D eigenvalue weighted by atomic mass is 14.9. The van der Waals surface area contributed by atoms with Crippen molar-refractivity contribution in [1.29, 1.82) is 0 Å². The lowest BCUT2D eigenvalue weighted by Gasteiger charge is -2.43. The minimum Gasteiger partial charge on any atom is -0.314 e. The van der Waals surface area contributed by atoms with Crippen LogP contribution in [0.25, 0.3) is 0 Å². The lowest BCUT2D eigenvalue weighted by atomic mass is 9.69. The molecular weight excluding hydrogens is 134 g/mol. The average molecular weight is 155 g/mol. The molecule has 1 nitrogen and oxygen atoms in total. The Labute approximate surface area is 70.6 Å². The summed E-state index contributed by atoms with van der Waals surface area (Å²) in [6.07, 6.45) is 4.02. The molecule has 3 atom stereocenters. The molecule has 1 rings (SSSR count). The number of hydrogen-bond donors (Lipinski definition) is 1. The monoisotopic (exact) mass is 155 g/mol. The number of nitrogens with one attached hydrogen (secondary N) is 1. The van der Waals surface area contributed by atoms with E-state index in [1.807, 2.05) is 0 Å². The van der Waals surface area contributed by atoms with Gasteiger partial charge in [-0.15, -0.1) is 0 Å². The fourth-order valence-electron chi connectivity index (χ4n) is 2.20. The van der Waals surface area contributed by atoms with Crippen molar-refractivity contribution in [2.24, 2.45) is 11.8 Å². The van der Waals surface area contributed by atoms with Gasteiger partial charge in [0.05, 0.1) is 0 Å². The first-order chi connectivity index (χ1) is 5.29. The Morgan fingerprint density at radius 3 is 2.55 bits per heavy atom. The van der Waals surface area contributed by atoms with Gasteiger partial charge in [-0.25, -0.2) is 0 Å². The van der Waals surface area contributed by atoms with Crippen molar-refractivity contribution in [1.82, 2.24) is 5.32 Å². The Morgan fingerprint density at radius 2 is 2.09 bits per heavy atom. The summed E-state index contributed by atoms with van der Waals surface area (Å²) < 4.78 is 0. The molecule has 1 saturated carbocycles. The largest absolute Gasteiger partial charge is 0.314 e. The summed E-state index contributed by atoms with van der Waals surface area (Å²) in [6.45, 7) is 8.11. The summed E-state index contributed by atoms with van der Waals surface area (Å²) in [5.41, 5.74) is 0. The van der Waals surface area contributed by atoms with E-state index in [0.717, 1.165) is 17.9 Å². The third-order valence-electron chi connectivity index (χ3n) is 3.00. The van der Waals surface area contributed by atoms with Crippen LogP contribution in [0.3, 0.4) is 0 Å². The van der Waals surface area contributed by atoms with E-state index >= 15 is 0 Å². The van der Waals surface area contributed by atoms with E-state index in [1.165, 1.54) is 25.8 Å². The summed E-state index contributed by atoms with van der Waals surface area (Å²) in [7, 11) is 0. The first-order valence-electron chi connectivity index (χ1n) is 5.03. The van der Waals surface area contributed by atoms with Gasteiger partial charge in [0.15, 0.2) is 0 Å². The molecule has 0 aromatic carbocycles. The highest BCUT2D eigenvalue weighted by Gasteiger charge is 2.35. The number of rotatable bonds is 4. The topological polar surface area (TPSA) is 12.0 Å². The lowest BCUT2D eigenvalue weighted by molar-refractivity contribution is 0.116. The van der Waals surface area contributed by atoms with Crippen LogP contribution in [0, 0.1) is 11.8 Å². The van der Waals surface area contributed by atoms with E-state index in [1.54, 1.807) is 0 Å². The highest BCUT2D eigenvalue weighted by molar-refractivity contribution is 4.90. The zero-order valence-corrected chi connectivity index (χ0v) is 8.06. The van der Waals surface area contributed by atoms with Crippen LogP contribution in [0.5, 0.6) is 0 Å². The van der Waals surface area contributed by atoms with Crippen molar-refractivity contribution in [2.45, 2.75) is 46.1 Å². The van der Waals surface area contributed by atoms with Crippen molar-refractivity contribution < 1.29 is 0 Å². The van der Waals surface area contributed by atoms with E-state index < -0.39 is 0 Å². The van der Waals surface area contributed by atoms with Gasteiger partial charge < -0.3 is 5.32 Å². The molecule has 0 heterocycles. The van der Waals surface area contributed by atoms with Gasteiger partial charge in [-0.2, -0.15) is 0 Å². The zero-order valence-electron chi connectivity index (χ0n) is 8.06. The van der Waals surface area contributed by atoms with Gasteiger partial charge in [0, 0.05) is 6.04 Å². The fourth-order valence-corrected chi connectivity index (χ4v) is 2.20. The smallest absolute Gasteiger partial charge is 0.0100 e. The molecule has 3 unspecified atom stereocenters. The molecule has 11 heavy (non-hydrogen) atoms. The van der Waals surface area contributed by atoms with Crippen molar-refractivity contribution in [3.05, 3.63) is 0 Å². The summed E-state index contributed by atoms with van der Waals surface area (Å²) in [5, 5.41) is 3.60. The van der Waals surface area contributed by atoms with Crippen molar-refractivity contribution in [3.63, 3.8) is 0 Å². The van der Waals surface area contributed by atoms with Gasteiger partial charge in [-0.1, -0.05) is 27.2 Å². The molecule has 0 aliphatic heterocycles. The van der Waals surface area contributed by atoms with E-state index in [0.29, 0.717) is 0 Å². The average Bonchev–Trinajstić information content (AvgIpc) is 1.98. The fraction of sp³-hybridized carbons (Fsp3) is 1.00. The molecule has 1 N–H and O–H groups in total. The lowest BCUT2D eigenvalue weighted by Crippen LogP contribution is -2.49. The normalized spacial score (nSPS) is 36.8. The summed E-state index contributed by atoms with van der Waals surface area (Å²) in [4.78, 5) is 0. The molecule has 0 saturated heterocycles. The van der Waals surface area contributed by atoms with Crippen LogP contribution in [0.4, 0.5) is 0 Å². The van der Waals surface area contributed by atoms with Crippen molar-refractivity contribution in [3.8, 4) is 0 Å². The summed E-state index contributed by atoms with van der Waals surface area (Å²) >= 11 is 0. The van der Waals surface area contributed by atoms with E-state index in [2.05, 4.69) is 26.1 Å². The Morgan fingerprint density at radius 1 is 1.36 bits per heavy atom. The van der Waals surface area contributed by atoms with Crippen molar-refractivity contribution >= 4 is 0 Å². The van der Waals surface area contributed by atoms with Crippen LogP contribution in [-0.4, -0.2) is 12.6 Å². The maximum atomic E-state index is 3.60. The van der Waals surface area contributed by atoms with Gasteiger partial charge in [0.2, 0.25) is 0 Å². The second kappa shape index (κ2) is 4.10. The van der Waals surface area contributed by atoms with E-state index in [9.17, 15) is 0 Å². The van der Waals surface area contributed by atoms with E-state index in [-0.39, 0.29) is 0 Å². The van der Waals surface area contributed by atoms with Gasteiger partial charge >= 0.3 is 0 Å². The molecule has 66 valence electrons. The van der Waals surface area contributed by atoms with Gasteiger partial charge in [-0.3, -0.25) is 0 Å². The maximum absolute atomic E-state index is 3.60. The molecule has 0 bridgehead atoms. The Kier molecular flexibility index (Phi) is 3.38.